The zero-order valence-corrected chi connectivity index (χ0v) is 13.5. The van der Waals surface area contributed by atoms with Gasteiger partial charge in [0.05, 0.1) is 0 Å². The Kier molecular flexibility index (Phi) is 4.86. The van der Waals surface area contributed by atoms with Gasteiger partial charge in [0.15, 0.2) is 0 Å². The van der Waals surface area contributed by atoms with E-state index in [1.807, 2.05) is 11.3 Å². The predicted molar refractivity (Wildman–Crippen MR) is 83.3 cm³/mol. The number of hydrogen-bond acceptors (Lipinski definition) is 3. The molecule has 20 heavy (non-hydrogen) atoms. The van der Waals surface area contributed by atoms with Crippen molar-refractivity contribution in [3.63, 3.8) is 0 Å². The molecule has 1 aromatic rings. The molecular formula is C16H25NO2S. The van der Waals surface area contributed by atoms with Gasteiger partial charge in [-0.25, -0.2) is 0 Å². The maximum atomic E-state index is 10.8. The molecule has 2 rings (SSSR count). The first-order valence-electron chi connectivity index (χ1n) is 7.38. The van der Waals surface area contributed by atoms with E-state index in [-0.39, 0.29) is 5.41 Å². The molecule has 3 nitrogen and oxygen atoms in total. The van der Waals surface area contributed by atoms with Gasteiger partial charge >= 0.3 is 5.97 Å². The molecule has 1 aromatic heterocycles. The van der Waals surface area contributed by atoms with Gasteiger partial charge in [-0.2, -0.15) is 0 Å². The van der Waals surface area contributed by atoms with Crippen LogP contribution in [0.2, 0.25) is 0 Å². The van der Waals surface area contributed by atoms with Crippen LogP contribution in [-0.4, -0.2) is 29.1 Å². The van der Waals surface area contributed by atoms with Crippen LogP contribution in [0.5, 0.6) is 0 Å². The molecule has 1 fully saturated rings. The predicted octanol–water partition coefficient (Wildman–Crippen LogP) is 3.73. The average Bonchev–Trinajstić information content (AvgIpc) is 2.76. The zero-order valence-electron chi connectivity index (χ0n) is 12.7. The summed E-state index contributed by atoms with van der Waals surface area (Å²) in [6, 6.07) is 4.46. The minimum absolute atomic E-state index is 0.219. The number of thiophene rings is 1. The van der Waals surface area contributed by atoms with Crippen molar-refractivity contribution in [1.29, 1.82) is 0 Å². The van der Waals surface area contributed by atoms with Crippen LogP contribution in [0.25, 0.3) is 0 Å². The lowest BCUT2D eigenvalue weighted by Crippen LogP contribution is -2.35. The molecule has 0 bridgehead atoms. The summed E-state index contributed by atoms with van der Waals surface area (Å²) in [7, 11) is 0. The normalized spacial score (nSPS) is 21.1. The number of hydrogen-bond donors (Lipinski definition) is 1. The number of carbonyl (C=O) groups is 1. The molecule has 4 heteroatoms. The number of aliphatic carboxylic acids is 1. The molecule has 1 atom stereocenters. The van der Waals surface area contributed by atoms with Crippen molar-refractivity contribution in [2.75, 3.05) is 13.1 Å². The number of rotatable bonds is 4. The first-order chi connectivity index (χ1) is 9.34. The Balaban J connectivity index is 1.92. The molecule has 0 radical (unpaired) electrons. The van der Waals surface area contributed by atoms with E-state index in [4.69, 9.17) is 5.11 Å². The van der Waals surface area contributed by atoms with Crippen LogP contribution < -0.4 is 0 Å². The number of carboxylic acids is 1. The van der Waals surface area contributed by atoms with Crippen molar-refractivity contribution in [3.8, 4) is 0 Å². The fourth-order valence-electron chi connectivity index (χ4n) is 2.79. The van der Waals surface area contributed by atoms with Gasteiger partial charge < -0.3 is 5.11 Å². The first kappa shape index (κ1) is 15.5. The van der Waals surface area contributed by atoms with Crippen LogP contribution >= 0.6 is 11.3 Å². The average molecular weight is 295 g/mol. The standard InChI is InChI=1S/C16H25NO2S/c1-16(2,3)14-7-6-13(20-14)11-17-8-4-5-12(10-17)9-15(18)19/h6-7,12H,4-5,8-11H2,1-3H3,(H,18,19). The van der Waals surface area contributed by atoms with Gasteiger partial charge in [0.25, 0.3) is 0 Å². The third-order valence-electron chi connectivity index (χ3n) is 3.85. The van der Waals surface area contributed by atoms with Crippen molar-refractivity contribution in [2.24, 2.45) is 5.92 Å². The summed E-state index contributed by atoms with van der Waals surface area (Å²) in [5, 5.41) is 8.92. The first-order valence-corrected chi connectivity index (χ1v) is 8.19. The molecule has 112 valence electrons. The smallest absolute Gasteiger partial charge is 0.303 e. The highest BCUT2D eigenvalue weighted by atomic mass is 32.1. The Morgan fingerprint density at radius 1 is 1.45 bits per heavy atom. The molecule has 1 unspecified atom stereocenters. The van der Waals surface area contributed by atoms with Crippen LogP contribution in [0.3, 0.4) is 0 Å². The van der Waals surface area contributed by atoms with Gasteiger partial charge in [-0.15, -0.1) is 11.3 Å². The quantitative estimate of drug-likeness (QED) is 0.920. The largest absolute Gasteiger partial charge is 0.481 e. The second-order valence-corrected chi connectivity index (χ2v) is 8.03. The molecule has 1 aliphatic rings. The summed E-state index contributed by atoms with van der Waals surface area (Å²) >= 11 is 1.89. The monoisotopic (exact) mass is 295 g/mol. The van der Waals surface area contributed by atoms with Crippen LogP contribution in [-0.2, 0) is 16.8 Å². The molecule has 1 aliphatic heterocycles. The number of nitrogens with zero attached hydrogens (tertiary/aromatic N) is 1. The Morgan fingerprint density at radius 2 is 2.20 bits per heavy atom. The molecule has 0 spiro atoms. The lowest BCUT2D eigenvalue weighted by atomic mass is 9.94. The molecule has 0 aliphatic carbocycles. The maximum Gasteiger partial charge on any atom is 0.303 e. The summed E-state index contributed by atoms with van der Waals surface area (Å²) in [5.74, 6) is -0.341. The van der Waals surface area contributed by atoms with Crippen molar-refractivity contribution >= 4 is 17.3 Å². The van der Waals surface area contributed by atoms with E-state index in [9.17, 15) is 4.79 Å². The zero-order chi connectivity index (χ0) is 14.8. The highest BCUT2D eigenvalue weighted by molar-refractivity contribution is 7.12. The number of likely N-dealkylation sites (tertiary alicyclic amines) is 1. The Bertz CT molecular complexity index is 461. The van der Waals surface area contributed by atoms with E-state index in [0.29, 0.717) is 12.3 Å². The molecule has 2 heterocycles. The van der Waals surface area contributed by atoms with Gasteiger partial charge in [0, 0.05) is 29.3 Å². The van der Waals surface area contributed by atoms with Gasteiger partial charge in [0.2, 0.25) is 0 Å². The molecule has 0 saturated carbocycles. The fraction of sp³-hybridized carbons (Fsp3) is 0.688. The second kappa shape index (κ2) is 6.27. The minimum atomic E-state index is -0.664. The van der Waals surface area contributed by atoms with Crippen LogP contribution in [0.1, 0.15) is 49.8 Å². The van der Waals surface area contributed by atoms with E-state index < -0.39 is 5.97 Å². The molecule has 1 N–H and O–H groups in total. The van der Waals surface area contributed by atoms with Gasteiger partial charge in [-0.05, 0) is 42.9 Å². The van der Waals surface area contributed by atoms with E-state index in [1.165, 1.54) is 9.75 Å². The topological polar surface area (TPSA) is 40.5 Å². The minimum Gasteiger partial charge on any atom is -0.481 e. The number of carboxylic acid groups (broad SMARTS) is 1. The van der Waals surface area contributed by atoms with E-state index in [0.717, 1.165) is 32.5 Å². The summed E-state index contributed by atoms with van der Waals surface area (Å²) in [6.07, 6.45) is 2.49. The van der Waals surface area contributed by atoms with E-state index in [2.05, 4.69) is 37.8 Å². The van der Waals surface area contributed by atoms with E-state index >= 15 is 0 Å². The Hall–Kier alpha value is -0.870. The third kappa shape index (κ3) is 4.32. The SMILES string of the molecule is CC(C)(C)c1ccc(CN2CCCC(CC(=O)O)C2)s1. The molecule has 1 saturated heterocycles. The maximum absolute atomic E-state index is 10.8. The van der Waals surface area contributed by atoms with Gasteiger partial charge in [-0.1, -0.05) is 20.8 Å². The second-order valence-electron chi connectivity index (χ2n) is 6.86. The highest BCUT2D eigenvalue weighted by Crippen LogP contribution is 2.31. The fourth-order valence-corrected chi connectivity index (χ4v) is 3.90. The molecular weight excluding hydrogens is 270 g/mol. The lowest BCUT2D eigenvalue weighted by Gasteiger charge is -2.31. The van der Waals surface area contributed by atoms with Gasteiger partial charge in [-0.3, -0.25) is 9.69 Å². The summed E-state index contributed by atoms with van der Waals surface area (Å²) < 4.78 is 0. The van der Waals surface area contributed by atoms with Crippen LogP contribution in [0.4, 0.5) is 0 Å². The number of piperidine rings is 1. The van der Waals surface area contributed by atoms with Crippen molar-refractivity contribution in [2.45, 2.75) is 52.0 Å². The van der Waals surface area contributed by atoms with Crippen molar-refractivity contribution < 1.29 is 9.90 Å². The lowest BCUT2D eigenvalue weighted by molar-refractivity contribution is -0.138. The van der Waals surface area contributed by atoms with Crippen LogP contribution in [0.15, 0.2) is 12.1 Å². The van der Waals surface area contributed by atoms with Crippen LogP contribution in [0, 0.1) is 5.92 Å². The Labute approximate surface area is 125 Å². The third-order valence-corrected chi connectivity index (χ3v) is 5.34. The van der Waals surface area contributed by atoms with Gasteiger partial charge in [0.1, 0.15) is 0 Å². The van der Waals surface area contributed by atoms with E-state index in [1.54, 1.807) is 0 Å². The molecule has 0 amide bonds. The highest BCUT2D eigenvalue weighted by Gasteiger charge is 2.23. The van der Waals surface area contributed by atoms with Crippen molar-refractivity contribution in [1.82, 2.24) is 4.90 Å². The summed E-state index contributed by atoms with van der Waals surface area (Å²) in [4.78, 5) is 16.1. The molecule has 0 aromatic carbocycles. The summed E-state index contributed by atoms with van der Waals surface area (Å²) in [6.45, 7) is 9.72. The Morgan fingerprint density at radius 3 is 2.80 bits per heavy atom. The summed E-state index contributed by atoms with van der Waals surface area (Å²) in [5.41, 5.74) is 0.219. The van der Waals surface area contributed by atoms with Crippen molar-refractivity contribution in [3.05, 3.63) is 21.9 Å².